The Hall–Kier alpha value is -3.85. The third-order valence-electron chi connectivity index (χ3n) is 5.91. The van der Waals surface area contributed by atoms with Crippen molar-refractivity contribution < 1.29 is 38.3 Å². The van der Waals surface area contributed by atoms with Gasteiger partial charge in [0.15, 0.2) is 0 Å². The van der Waals surface area contributed by atoms with Crippen LogP contribution >= 0.6 is 0 Å². The first kappa shape index (κ1) is 28.4. The van der Waals surface area contributed by atoms with Gasteiger partial charge in [-0.2, -0.15) is 5.26 Å². The number of nitrogens with zero attached hydrogens (tertiary/aromatic N) is 4. The van der Waals surface area contributed by atoms with Crippen LogP contribution in [0.1, 0.15) is 62.1 Å². The number of carbonyl (C=O) groups is 2. The SMILES string of the molecule is COc1c(C(=O)[O-])nc(C(C)C(c2ccccc2)c2ccc(C(=O)N(C)C)cc2C#N)n(C)c1=O.[Li+]. The number of amides is 1. The molecule has 1 aromatic heterocycles. The fraction of sp³-hybridized carbons (Fsp3) is 0.269. The zero-order valence-corrected chi connectivity index (χ0v) is 21.1. The number of aromatic nitrogens is 2. The first-order valence-electron chi connectivity index (χ1n) is 10.8. The number of nitriles is 1. The zero-order valence-electron chi connectivity index (χ0n) is 21.1. The Balaban J connectivity index is 0.00000456. The minimum atomic E-state index is -1.63. The van der Waals surface area contributed by atoms with E-state index in [1.807, 2.05) is 30.3 Å². The standard InChI is InChI=1S/C26H26N4O5.Li/c1-15(23-28-21(26(33)34)22(35-5)25(32)30(23)4)20(16-9-7-6-8-10-16)19-12-11-17(13-18(19)14-27)24(31)29(2)3;/h6-13,15,20H,1-5H3,(H,33,34);/q;+1/p-1. The number of carboxylic acid groups (broad SMARTS) is 1. The molecule has 0 aliphatic rings. The summed E-state index contributed by atoms with van der Waals surface area (Å²) >= 11 is 0. The van der Waals surface area contributed by atoms with Crippen molar-refractivity contribution in [2.24, 2.45) is 7.05 Å². The third kappa shape index (κ3) is 5.36. The Bertz CT molecular complexity index is 1380. The summed E-state index contributed by atoms with van der Waals surface area (Å²) in [7, 11) is 5.93. The summed E-state index contributed by atoms with van der Waals surface area (Å²) in [6.45, 7) is 1.80. The van der Waals surface area contributed by atoms with Gasteiger partial charge < -0.3 is 19.5 Å². The van der Waals surface area contributed by atoms with Crippen LogP contribution in [0.5, 0.6) is 5.75 Å². The second kappa shape index (κ2) is 11.7. The van der Waals surface area contributed by atoms with Crippen LogP contribution in [0.15, 0.2) is 53.3 Å². The predicted molar refractivity (Wildman–Crippen MR) is 126 cm³/mol. The van der Waals surface area contributed by atoms with Gasteiger partial charge in [-0.15, -0.1) is 0 Å². The van der Waals surface area contributed by atoms with E-state index in [2.05, 4.69) is 11.1 Å². The number of hydrogen-bond donors (Lipinski definition) is 0. The number of ether oxygens (including phenoxy) is 1. The molecular formula is C26H25LiN4O5. The second-order valence-corrected chi connectivity index (χ2v) is 8.29. The van der Waals surface area contributed by atoms with E-state index >= 15 is 0 Å². The van der Waals surface area contributed by atoms with E-state index in [4.69, 9.17) is 4.74 Å². The van der Waals surface area contributed by atoms with Crippen LogP contribution in [0.2, 0.25) is 0 Å². The number of carboxylic acids is 1. The Kier molecular flexibility index (Phi) is 9.24. The fourth-order valence-corrected chi connectivity index (χ4v) is 4.19. The van der Waals surface area contributed by atoms with Gasteiger partial charge in [0, 0.05) is 38.5 Å². The number of rotatable bonds is 7. The van der Waals surface area contributed by atoms with E-state index < -0.39 is 34.8 Å². The van der Waals surface area contributed by atoms with Gasteiger partial charge in [0.05, 0.1) is 24.7 Å². The van der Waals surface area contributed by atoms with Gasteiger partial charge in [-0.25, -0.2) is 4.98 Å². The molecule has 0 saturated carbocycles. The predicted octanol–water partition coefficient (Wildman–Crippen LogP) is -1.33. The first-order valence-corrected chi connectivity index (χ1v) is 10.8. The molecule has 2 aromatic carbocycles. The van der Waals surface area contributed by atoms with Crippen molar-refractivity contribution in [2.75, 3.05) is 21.2 Å². The van der Waals surface area contributed by atoms with E-state index in [0.29, 0.717) is 11.1 Å². The average molecular weight is 480 g/mol. The Morgan fingerprint density at radius 2 is 1.81 bits per heavy atom. The van der Waals surface area contributed by atoms with Crippen LogP contribution in [0, 0.1) is 11.3 Å². The van der Waals surface area contributed by atoms with Crippen LogP contribution in [0.4, 0.5) is 0 Å². The molecule has 36 heavy (non-hydrogen) atoms. The van der Waals surface area contributed by atoms with Crippen molar-refractivity contribution in [2.45, 2.75) is 18.8 Å². The maximum Gasteiger partial charge on any atom is 1.00 e. The van der Waals surface area contributed by atoms with Crippen molar-refractivity contribution >= 4 is 11.9 Å². The molecular weight excluding hydrogens is 455 g/mol. The molecule has 180 valence electrons. The maximum atomic E-state index is 12.9. The van der Waals surface area contributed by atoms with Gasteiger partial charge in [0.25, 0.3) is 11.5 Å². The van der Waals surface area contributed by atoms with Gasteiger partial charge >= 0.3 is 18.9 Å². The minimum absolute atomic E-state index is 0. The number of methoxy groups -OCH3 is 1. The van der Waals surface area contributed by atoms with Crippen LogP contribution in [0.3, 0.4) is 0 Å². The van der Waals surface area contributed by atoms with Gasteiger partial charge in [0.2, 0.25) is 5.75 Å². The molecule has 0 spiro atoms. The van der Waals surface area contributed by atoms with Crippen LogP contribution in [-0.4, -0.2) is 47.5 Å². The molecule has 2 atom stereocenters. The topological polar surface area (TPSA) is 128 Å². The molecule has 1 amide bonds. The van der Waals surface area contributed by atoms with Crippen LogP contribution in [-0.2, 0) is 7.05 Å². The number of carbonyl (C=O) groups excluding carboxylic acids is 2. The van der Waals surface area contributed by atoms with Crippen molar-refractivity contribution in [1.29, 1.82) is 5.26 Å². The minimum Gasteiger partial charge on any atom is -0.543 e. The smallest absolute Gasteiger partial charge is 0.543 e. The molecule has 0 saturated heterocycles. The normalized spacial score (nSPS) is 12.0. The molecule has 1 heterocycles. The Morgan fingerprint density at radius 3 is 2.33 bits per heavy atom. The molecule has 10 heteroatoms. The molecule has 0 N–H and O–H groups in total. The zero-order chi connectivity index (χ0) is 25.9. The van der Waals surface area contributed by atoms with Crippen LogP contribution < -0.4 is 34.3 Å². The van der Waals surface area contributed by atoms with Gasteiger partial charge in [0.1, 0.15) is 11.5 Å². The molecule has 0 aliphatic heterocycles. The third-order valence-corrected chi connectivity index (χ3v) is 5.91. The van der Waals surface area contributed by atoms with E-state index in [0.717, 1.165) is 5.56 Å². The fourth-order valence-electron chi connectivity index (χ4n) is 4.19. The molecule has 0 bridgehead atoms. The van der Waals surface area contributed by atoms with Gasteiger partial charge in [-0.1, -0.05) is 43.3 Å². The monoisotopic (exact) mass is 480 g/mol. The van der Waals surface area contributed by atoms with Crippen molar-refractivity contribution in [1.82, 2.24) is 14.5 Å². The Morgan fingerprint density at radius 1 is 1.17 bits per heavy atom. The summed E-state index contributed by atoms with van der Waals surface area (Å²) in [6.07, 6.45) is 0. The molecule has 9 nitrogen and oxygen atoms in total. The van der Waals surface area contributed by atoms with Gasteiger partial charge in [-0.05, 0) is 23.3 Å². The summed E-state index contributed by atoms with van der Waals surface area (Å²) in [6, 6.07) is 16.4. The van der Waals surface area contributed by atoms with E-state index in [1.54, 1.807) is 33.2 Å². The van der Waals surface area contributed by atoms with E-state index in [9.17, 15) is 24.8 Å². The summed E-state index contributed by atoms with van der Waals surface area (Å²) in [5.41, 5.74) is 0.838. The van der Waals surface area contributed by atoms with Crippen molar-refractivity contribution in [3.8, 4) is 11.8 Å². The molecule has 3 aromatic rings. The largest absolute Gasteiger partial charge is 1.00 e. The summed E-state index contributed by atoms with van der Waals surface area (Å²) < 4.78 is 6.22. The molecule has 0 fully saturated rings. The number of hydrogen-bond acceptors (Lipinski definition) is 7. The summed E-state index contributed by atoms with van der Waals surface area (Å²) in [5, 5.41) is 21.7. The Labute approximate surface area is 221 Å². The van der Waals surface area contributed by atoms with Crippen molar-refractivity contribution in [3.63, 3.8) is 0 Å². The molecule has 2 unspecified atom stereocenters. The van der Waals surface area contributed by atoms with Crippen LogP contribution in [0.25, 0.3) is 0 Å². The maximum absolute atomic E-state index is 12.9. The first-order chi connectivity index (χ1) is 16.6. The molecule has 3 rings (SSSR count). The second-order valence-electron chi connectivity index (χ2n) is 8.29. The number of benzene rings is 2. The summed E-state index contributed by atoms with van der Waals surface area (Å²) in [5.74, 6) is -3.15. The quantitative estimate of drug-likeness (QED) is 0.383. The van der Waals surface area contributed by atoms with E-state index in [1.165, 1.54) is 29.7 Å². The molecule has 0 radical (unpaired) electrons. The van der Waals surface area contributed by atoms with Crippen molar-refractivity contribution in [3.05, 3.63) is 92.7 Å². The molecule has 0 aliphatic carbocycles. The summed E-state index contributed by atoms with van der Waals surface area (Å²) in [4.78, 5) is 42.7. The van der Waals surface area contributed by atoms with E-state index in [-0.39, 0.29) is 36.2 Å². The number of aromatic carboxylic acids is 1. The average Bonchev–Trinajstić information content (AvgIpc) is 2.85. The van der Waals surface area contributed by atoms with Gasteiger partial charge in [-0.3, -0.25) is 14.2 Å².